The molecule has 3 amide bonds. The molecule has 0 aliphatic rings. The van der Waals surface area contributed by atoms with Crippen LogP contribution in [0.5, 0.6) is 0 Å². The minimum absolute atomic E-state index is 0.146. The van der Waals surface area contributed by atoms with E-state index in [1.807, 2.05) is 0 Å². The van der Waals surface area contributed by atoms with Gasteiger partial charge in [-0.05, 0) is 23.8 Å². The first kappa shape index (κ1) is 24.2. The maximum atomic E-state index is 12.5. The molecule has 0 bridgehead atoms. The Labute approximate surface area is 167 Å². The van der Waals surface area contributed by atoms with Crippen molar-refractivity contribution in [2.45, 2.75) is 6.18 Å². The van der Waals surface area contributed by atoms with Gasteiger partial charge in [0.15, 0.2) is 0 Å². The molecule has 0 aromatic heterocycles. The molecule has 7 nitrogen and oxygen atoms in total. The lowest BCUT2D eigenvalue weighted by Crippen LogP contribution is -2.46. The second-order valence-electron chi connectivity index (χ2n) is 6.27. The lowest BCUT2D eigenvalue weighted by molar-refractivity contribution is -0.139. The van der Waals surface area contributed by atoms with E-state index in [4.69, 9.17) is 4.74 Å². The van der Waals surface area contributed by atoms with Gasteiger partial charge in [0.25, 0.3) is 0 Å². The number of ether oxygens (including phenoxy) is 1. The number of halogens is 3. The summed E-state index contributed by atoms with van der Waals surface area (Å²) in [5, 5.41) is 2.39. The monoisotopic (exact) mass is 415 g/mol. The molecule has 1 aromatic rings. The standard InChI is InChI=1S/C19H24F3N3O4/c1-24(2)18(28)13-25(10-11-29-3)17(27)12-23-16(26)9-6-14-4-7-15(8-5-14)19(20,21)22/h4-9H,10-13H2,1-3H3,(H,23,26)/b9-6+. The van der Waals surface area contributed by atoms with Gasteiger partial charge < -0.3 is 19.9 Å². The lowest BCUT2D eigenvalue weighted by atomic mass is 10.1. The van der Waals surface area contributed by atoms with Crippen LogP contribution < -0.4 is 5.32 Å². The van der Waals surface area contributed by atoms with Crippen molar-refractivity contribution < 1.29 is 32.3 Å². The van der Waals surface area contributed by atoms with Gasteiger partial charge in [-0.15, -0.1) is 0 Å². The van der Waals surface area contributed by atoms with E-state index in [0.717, 1.165) is 18.2 Å². The molecule has 160 valence electrons. The normalized spacial score (nSPS) is 11.4. The van der Waals surface area contributed by atoms with E-state index >= 15 is 0 Å². The number of likely N-dealkylation sites (N-methyl/N-ethyl adjacent to an activating group) is 1. The number of alkyl halides is 3. The Bertz CT molecular complexity index is 731. The highest BCUT2D eigenvalue weighted by molar-refractivity contribution is 5.94. The van der Waals surface area contributed by atoms with Crippen LogP contribution in [0, 0.1) is 0 Å². The molecule has 0 spiro atoms. The molecule has 0 fully saturated rings. The number of benzene rings is 1. The van der Waals surface area contributed by atoms with Gasteiger partial charge in [-0.25, -0.2) is 0 Å². The fraction of sp³-hybridized carbons (Fsp3) is 0.421. The van der Waals surface area contributed by atoms with Crippen LogP contribution in [0.15, 0.2) is 30.3 Å². The van der Waals surface area contributed by atoms with Gasteiger partial charge in [0.05, 0.1) is 25.3 Å². The Balaban J connectivity index is 2.60. The number of hydrogen-bond acceptors (Lipinski definition) is 4. The summed E-state index contributed by atoms with van der Waals surface area (Å²) in [5.41, 5.74) is -0.383. The largest absolute Gasteiger partial charge is 0.416 e. The average molecular weight is 415 g/mol. The Morgan fingerprint density at radius 2 is 1.72 bits per heavy atom. The highest BCUT2D eigenvalue weighted by Gasteiger charge is 2.29. The van der Waals surface area contributed by atoms with Gasteiger partial charge in [0.1, 0.15) is 0 Å². The van der Waals surface area contributed by atoms with E-state index in [2.05, 4.69) is 5.32 Å². The summed E-state index contributed by atoms with van der Waals surface area (Å²) in [6, 6.07) is 4.29. The maximum Gasteiger partial charge on any atom is 0.416 e. The molecule has 1 rings (SSSR count). The first-order valence-electron chi connectivity index (χ1n) is 8.64. The van der Waals surface area contributed by atoms with Crippen LogP contribution in [-0.2, 0) is 25.3 Å². The van der Waals surface area contributed by atoms with Crippen LogP contribution in [0.2, 0.25) is 0 Å². The Morgan fingerprint density at radius 3 is 2.24 bits per heavy atom. The molecule has 0 radical (unpaired) electrons. The molecular weight excluding hydrogens is 391 g/mol. The highest BCUT2D eigenvalue weighted by atomic mass is 19.4. The number of methoxy groups -OCH3 is 1. The van der Waals surface area contributed by atoms with Crippen molar-refractivity contribution in [2.75, 3.05) is 47.4 Å². The summed E-state index contributed by atoms with van der Waals surface area (Å²) in [4.78, 5) is 38.6. The lowest BCUT2D eigenvalue weighted by Gasteiger charge is -2.23. The van der Waals surface area contributed by atoms with Gasteiger partial charge in [-0.3, -0.25) is 14.4 Å². The number of rotatable bonds is 9. The third-order valence-corrected chi connectivity index (χ3v) is 3.82. The molecule has 1 N–H and O–H groups in total. The molecule has 1 aromatic carbocycles. The molecule has 0 unspecified atom stereocenters. The van der Waals surface area contributed by atoms with Crippen LogP contribution in [0.25, 0.3) is 6.08 Å². The Hall–Kier alpha value is -2.88. The van der Waals surface area contributed by atoms with Gasteiger partial charge in [0.2, 0.25) is 17.7 Å². The summed E-state index contributed by atoms with van der Waals surface area (Å²) in [7, 11) is 4.59. The quantitative estimate of drug-likeness (QED) is 0.619. The fourth-order valence-corrected chi connectivity index (χ4v) is 2.09. The number of nitrogens with one attached hydrogen (secondary N) is 1. The zero-order valence-corrected chi connectivity index (χ0v) is 16.5. The van der Waals surface area contributed by atoms with Crippen molar-refractivity contribution in [3.05, 3.63) is 41.5 Å². The average Bonchev–Trinajstić information content (AvgIpc) is 2.66. The van der Waals surface area contributed by atoms with E-state index in [1.54, 1.807) is 14.1 Å². The Morgan fingerprint density at radius 1 is 1.10 bits per heavy atom. The summed E-state index contributed by atoms with van der Waals surface area (Å²) in [5.74, 6) is -1.33. The van der Waals surface area contributed by atoms with Crippen molar-refractivity contribution >= 4 is 23.8 Å². The highest BCUT2D eigenvalue weighted by Crippen LogP contribution is 2.29. The van der Waals surface area contributed by atoms with E-state index in [1.165, 1.54) is 35.1 Å². The molecule has 0 aliphatic heterocycles. The van der Waals surface area contributed by atoms with E-state index in [9.17, 15) is 27.6 Å². The fourth-order valence-electron chi connectivity index (χ4n) is 2.09. The predicted octanol–water partition coefficient (Wildman–Crippen LogP) is 1.40. The van der Waals surface area contributed by atoms with Crippen molar-refractivity contribution in [3.63, 3.8) is 0 Å². The van der Waals surface area contributed by atoms with Crippen molar-refractivity contribution in [1.29, 1.82) is 0 Å². The number of amides is 3. The van der Waals surface area contributed by atoms with E-state index in [0.29, 0.717) is 5.56 Å². The zero-order chi connectivity index (χ0) is 22.0. The van der Waals surface area contributed by atoms with E-state index < -0.39 is 23.6 Å². The molecule has 0 atom stereocenters. The minimum Gasteiger partial charge on any atom is -0.383 e. The van der Waals surface area contributed by atoms with Crippen LogP contribution in [0.4, 0.5) is 13.2 Å². The number of carbonyl (C=O) groups excluding carboxylic acids is 3. The first-order valence-corrected chi connectivity index (χ1v) is 8.64. The molecule has 29 heavy (non-hydrogen) atoms. The number of nitrogens with zero attached hydrogens (tertiary/aromatic N) is 2. The SMILES string of the molecule is COCCN(CC(=O)N(C)C)C(=O)CNC(=O)/C=C/c1ccc(C(F)(F)F)cc1. The predicted molar refractivity (Wildman–Crippen MR) is 101 cm³/mol. The molecule has 0 aliphatic carbocycles. The van der Waals surface area contributed by atoms with Gasteiger partial charge >= 0.3 is 6.18 Å². The van der Waals surface area contributed by atoms with Crippen molar-refractivity contribution in [1.82, 2.24) is 15.1 Å². The zero-order valence-electron chi connectivity index (χ0n) is 16.5. The van der Waals surface area contributed by atoms with Crippen molar-refractivity contribution in [2.24, 2.45) is 0 Å². The second kappa shape index (κ2) is 11.2. The van der Waals surface area contributed by atoms with Crippen LogP contribution >= 0.6 is 0 Å². The smallest absolute Gasteiger partial charge is 0.383 e. The van der Waals surface area contributed by atoms with Gasteiger partial charge in [-0.1, -0.05) is 12.1 Å². The summed E-state index contributed by atoms with van der Waals surface area (Å²) < 4.78 is 42.5. The van der Waals surface area contributed by atoms with Crippen LogP contribution in [0.3, 0.4) is 0 Å². The molecular formula is C19H24F3N3O4. The maximum absolute atomic E-state index is 12.5. The van der Waals surface area contributed by atoms with Gasteiger partial charge in [0, 0.05) is 33.8 Å². The van der Waals surface area contributed by atoms with Crippen LogP contribution in [0.1, 0.15) is 11.1 Å². The third kappa shape index (κ3) is 8.77. The molecule has 10 heteroatoms. The second-order valence-corrected chi connectivity index (χ2v) is 6.27. The summed E-state index contributed by atoms with van der Waals surface area (Å²) in [6.07, 6.45) is -1.98. The summed E-state index contributed by atoms with van der Waals surface area (Å²) >= 11 is 0. The molecule has 0 heterocycles. The first-order chi connectivity index (χ1) is 13.5. The number of hydrogen-bond donors (Lipinski definition) is 1. The van der Waals surface area contributed by atoms with Crippen molar-refractivity contribution in [3.8, 4) is 0 Å². The molecule has 0 saturated carbocycles. The molecule has 0 saturated heterocycles. The summed E-state index contributed by atoms with van der Waals surface area (Å²) in [6.45, 7) is -0.0620. The third-order valence-electron chi connectivity index (χ3n) is 3.82. The van der Waals surface area contributed by atoms with Crippen LogP contribution in [-0.4, -0.2) is 75.0 Å². The van der Waals surface area contributed by atoms with E-state index in [-0.39, 0.29) is 32.1 Å². The van der Waals surface area contributed by atoms with Gasteiger partial charge in [-0.2, -0.15) is 13.2 Å². The topological polar surface area (TPSA) is 79.0 Å². The number of carbonyl (C=O) groups is 3. The Kier molecular flexibility index (Phi) is 9.33. The minimum atomic E-state index is -4.43.